The van der Waals surface area contributed by atoms with Crippen molar-refractivity contribution >= 4 is 6.29 Å². The molecule has 0 bridgehead atoms. The van der Waals surface area contributed by atoms with Crippen LogP contribution < -0.4 is 0 Å². The third-order valence-electron chi connectivity index (χ3n) is 2.23. The molecule has 1 heterocycles. The summed E-state index contributed by atoms with van der Waals surface area (Å²) in [5.74, 6) is 0. The highest BCUT2D eigenvalue weighted by molar-refractivity contribution is 5.80. The lowest BCUT2D eigenvalue weighted by Gasteiger charge is -2.11. The molecule has 2 aromatic rings. The monoisotopic (exact) mass is 240 g/mol. The minimum Gasteiger partial charge on any atom is -0.298 e. The van der Waals surface area contributed by atoms with Crippen LogP contribution >= 0.6 is 0 Å². The normalized spacial score (nSPS) is 11.5. The van der Waals surface area contributed by atoms with E-state index in [0.29, 0.717) is 11.0 Å². The van der Waals surface area contributed by atoms with Crippen molar-refractivity contribution < 1.29 is 18.0 Å². The van der Waals surface area contributed by atoms with E-state index in [9.17, 15) is 18.0 Å². The number of aromatic nitrogens is 2. The zero-order valence-electron chi connectivity index (χ0n) is 8.48. The average molecular weight is 240 g/mol. The molecule has 0 aliphatic carbocycles. The fraction of sp³-hybridized carbons (Fsp3) is 0.0909. The maximum atomic E-state index is 12.7. The number of alkyl halides is 3. The second-order valence-corrected chi connectivity index (χ2v) is 3.30. The quantitative estimate of drug-likeness (QED) is 0.756. The molecule has 0 fully saturated rings. The number of nitrogens with zero attached hydrogens (tertiary/aromatic N) is 2. The summed E-state index contributed by atoms with van der Waals surface area (Å²) in [6.07, 6.45) is -2.96. The van der Waals surface area contributed by atoms with Gasteiger partial charge in [-0.2, -0.15) is 18.3 Å². The number of para-hydroxylation sites is 1. The summed E-state index contributed by atoms with van der Waals surface area (Å²) in [7, 11) is 0. The van der Waals surface area contributed by atoms with Crippen LogP contribution in [0.25, 0.3) is 5.69 Å². The van der Waals surface area contributed by atoms with Gasteiger partial charge in [0.05, 0.1) is 11.9 Å². The van der Waals surface area contributed by atoms with Crippen LogP contribution in [0.15, 0.2) is 36.5 Å². The fourth-order valence-corrected chi connectivity index (χ4v) is 1.49. The maximum absolute atomic E-state index is 12.7. The molecule has 0 unspecified atom stereocenters. The Balaban J connectivity index is 2.62. The number of rotatable bonds is 2. The van der Waals surface area contributed by atoms with Gasteiger partial charge < -0.3 is 0 Å². The molecule has 0 saturated heterocycles. The van der Waals surface area contributed by atoms with Gasteiger partial charge in [0.1, 0.15) is 5.69 Å². The van der Waals surface area contributed by atoms with Gasteiger partial charge in [0.2, 0.25) is 0 Å². The van der Waals surface area contributed by atoms with Crippen LogP contribution in [0, 0.1) is 0 Å². The first-order valence-electron chi connectivity index (χ1n) is 4.70. The lowest BCUT2D eigenvalue weighted by Crippen LogP contribution is -2.14. The van der Waals surface area contributed by atoms with Gasteiger partial charge in [0.15, 0.2) is 6.29 Å². The Hall–Kier alpha value is -2.11. The molecule has 0 atom stereocenters. The van der Waals surface area contributed by atoms with Gasteiger partial charge in [-0.3, -0.25) is 4.79 Å². The van der Waals surface area contributed by atoms with Crippen molar-refractivity contribution in [2.75, 3.05) is 0 Å². The van der Waals surface area contributed by atoms with Crippen molar-refractivity contribution in [1.29, 1.82) is 0 Å². The third-order valence-corrected chi connectivity index (χ3v) is 2.23. The molecular weight excluding hydrogens is 233 g/mol. The van der Waals surface area contributed by atoms with Crippen molar-refractivity contribution in [3.05, 3.63) is 47.8 Å². The van der Waals surface area contributed by atoms with E-state index in [1.165, 1.54) is 12.1 Å². The SMILES string of the molecule is O=Cc1ccccc1-n1nccc1C(F)(F)F. The van der Waals surface area contributed by atoms with Gasteiger partial charge in [-0.15, -0.1) is 0 Å². The summed E-state index contributed by atoms with van der Waals surface area (Å²) in [5.41, 5.74) is -0.645. The van der Waals surface area contributed by atoms with Crippen LogP contribution in [-0.4, -0.2) is 16.1 Å². The summed E-state index contributed by atoms with van der Waals surface area (Å²) in [5, 5.41) is 3.60. The number of halogens is 3. The maximum Gasteiger partial charge on any atom is 0.433 e. The van der Waals surface area contributed by atoms with E-state index in [2.05, 4.69) is 5.10 Å². The van der Waals surface area contributed by atoms with E-state index in [4.69, 9.17) is 0 Å². The Bertz CT molecular complexity index is 546. The van der Waals surface area contributed by atoms with Crippen molar-refractivity contribution in [3.63, 3.8) is 0 Å². The molecule has 2 rings (SSSR count). The standard InChI is InChI=1S/C11H7F3N2O/c12-11(13,14)10-5-6-15-16(10)9-4-2-1-3-8(9)7-17/h1-7H. The van der Waals surface area contributed by atoms with E-state index in [0.717, 1.165) is 12.3 Å². The number of carbonyl (C=O) groups excluding carboxylic acids is 1. The summed E-state index contributed by atoms with van der Waals surface area (Å²) < 4.78 is 38.7. The molecule has 0 saturated carbocycles. The lowest BCUT2D eigenvalue weighted by molar-refractivity contribution is -0.142. The lowest BCUT2D eigenvalue weighted by atomic mass is 10.2. The summed E-state index contributed by atoms with van der Waals surface area (Å²) in [4.78, 5) is 10.8. The van der Waals surface area contributed by atoms with E-state index >= 15 is 0 Å². The predicted octanol–water partition coefficient (Wildman–Crippen LogP) is 2.70. The van der Waals surface area contributed by atoms with Crippen LogP contribution in [0.4, 0.5) is 13.2 Å². The first-order valence-corrected chi connectivity index (χ1v) is 4.70. The highest BCUT2D eigenvalue weighted by Crippen LogP contribution is 2.30. The molecule has 0 radical (unpaired) electrons. The summed E-state index contributed by atoms with van der Waals surface area (Å²) in [6, 6.07) is 6.83. The number of hydrogen-bond donors (Lipinski definition) is 0. The molecule has 88 valence electrons. The zero-order chi connectivity index (χ0) is 12.5. The first kappa shape index (κ1) is 11.4. The van der Waals surface area contributed by atoms with Crippen molar-refractivity contribution in [2.24, 2.45) is 0 Å². The molecule has 0 spiro atoms. The predicted molar refractivity (Wildman–Crippen MR) is 54.0 cm³/mol. The van der Waals surface area contributed by atoms with Crippen LogP contribution in [0.3, 0.4) is 0 Å². The topological polar surface area (TPSA) is 34.9 Å². The van der Waals surface area contributed by atoms with Crippen molar-refractivity contribution in [3.8, 4) is 5.69 Å². The molecule has 3 nitrogen and oxygen atoms in total. The summed E-state index contributed by atoms with van der Waals surface area (Å²) in [6.45, 7) is 0. The third kappa shape index (κ3) is 2.06. The molecule has 1 aromatic carbocycles. The molecular formula is C11H7F3N2O. The molecule has 0 N–H and O–H groups in total. The van der Waals surface area contributed by atoms with E-state index < -0.39 is 11.9 Å². The van der Waals surface area contributed by atoms with Crippen molar-refractivity contribution in [2.45, 2.75) is 6.18 Å². The zero-order valence-corrected chi connectivity index (χ0v) is 8.48. The summed E-state index contributed by atoms with van der Waals surface area (Å²) >= 11 is 0. The van der Waals surface area contributed by atoms with Crippen LogP contribution in [0.2, 0.25) is 0 Å². The highest BCUT2D eigenvalue weighted by atomic mass is 19.4. The molecule has 0 aliphatic rings. The highest BCUT2D eigenvalue weighted by Gasteiger charge is 2.35. The van der Waals surface area contributed by atoms with E-state index in [1.54, 1.807) is 12.1 Å². The smallest absolute Gasteiger partial charge is 0.298 e. The van der Waals surface area contributed by atoms with Crippen LogP contribution in [0.1, 0.15) is 16.1 Å². The minimum absolute atomic E-state index is 0.111. The molecule has 1 aromatic heterocycles. The van der Waals surface area contributed by atoms with E-state index in [1.807, 2.05) is 0 Å². The second kappa shape index (κ2) is 4.04. The van der Waals surface area contributed by atoms with Gasteiger partial charge in [-0.05, 0) is 18.2 Å². The average Bonchev–Trinajstić information content (AvgIpc) is 2.77. The number of aldehydes is 1. The Kier molecular flexibility index (Phi) is 2.71. The van der Waals surface area contributed by atoms with Gasteiger partial charge >= 0.3 is 6.18 Å². The second-order valence-electron chi connectivity index (χ2n) is 3.30. The first-order chi connectivity index (χ1) is 8.04. The Morgan fingerprint density at radius 3 is 2.53 bits per heavy atom. The fourth-order valence-electron chi connectivity index (χ4n) is 1.49. The number of benzene rings is 1. The van der Waals surface area contributed by atoms with Crippen LogP contribution in [0.5, 0.6) is 0 Å². The Morgan fingerprint density at radius 2 is 1.88 bits per heavy atom. The number of hydrogen-bond acceptors (Lipinski definition) is 2. The van der Waals surface area contributed by atoms with E-state index in [-0.39, 0.29) is 11.3 Å². The molecule has 0 amide bonds. The minimum atomic E-state index is -4.51. The molecule has 17 heavy (non-hydrogen) atoms. The van der Waals surface area contributed by atoms with Gasteiger partial charge in [0, 0.05) is 5.56 Å². The number of carbonyl (C=O) groups is 1. The van der Waals surface area contributed by atoms with Gasteiger partial charge in [-0.25, -0.2) is 4.68 Å². The van der Waals surface area contributed by atoms with Gasteiger partial charge in [0.25, 0.3) is 0 Å². The van der Waals surface area contributed by atoms with Crippen LogP contribution in [-0.2, 0) is 6.18 Å². The molecule has 6 heteroatoms. The Labute approximate surface area is 94.5 Å². The van der Waals surface area contributed by atoms with Crippen molar-refractivity contribution in [1.82, 2.24) is 9.78 Å². The Morgan fingerprint density at radius 1 is 1.18 bits per heavy atom. The molecule has 0 aliphatic heterocycles. The largest absolute Gasteiger partial charge is 0.433 e. The van der Waals surface area contributed by atoms with Gasteiger partial charge in [-0.1, -0.05) is 12.1 Å².